The Labute approximate surface area is 173 Å². The molecule has 0 aliphatic rings. The molecule has 30 heavy (non-hydrogen) atoms. The van der Waals surface area contributed by atoms with Gasteiger partial charge in [-0.1, -0.05) is 47.6 Å². The van der Waals surface area contributed by atoms with Crippen molar-refractivity contribution in [2.24, 2.45) is 10.3 Å². The minimum absolute atomic E-state index is 0.231. The molecule has 0 spiro atoms. The molecular weight excluding hydrogens is 384 g/mol. The van der Waals surface area contributed by atoms with Crippen LogP contribution in [0.4, 0.5) is 5.69 Å². The normalized spacial score (nSPS) is 11.3. The van der Waals surface area contributed by atoms with Crippen molar-refractivity contribution in [2.45, 2.75) is 6.92 Å². The van der Waals surface area contributed by atoms with E-state index in [4.69, 9.17) is 9.25 Å². The fraction of sp³-hybridized carbons (Fsp3) is 0.0909. The number of rotatable bonds is 8. The summed E-state index contributed by atoms with van der Waals surface area (Å²) in [5.41, 5.74) is 5.28. The number of nitrogens with one attached hydrogen (secondary N) is 2. The predicted molar refractivity (Wildman–Crippen MR) is 113 cm³/mol. The van der Waals surface area contributed by atoms with E-state index in [1.54, 1.807) is 43.3 Å². The van der Waals surface area contributed by atoms with E-state index in [2.05, 4.69) is 21.0 Å². The standard InChI is InChI=1S/C22H20N4O4/c1-16(25-26-21(27)15-30-23-14-17-6-3-2-4-7-17)18-9-11-19(12-10-18)24-22(28)20-8-5-13-29-20/h2-14H,15H2,1H3,(H,24,28)(H,26,27). The van der Waals surface area contributed by atoms with E-state index in [1.807, 2.05) is 30.3 Å². The number of hydrogen-bond acceptors (Lipinski definition) is 6. The van der Waals surface area contributed by atoms with Crippen LogP contribution in [0.2, 0.25) is 0 Å². The molecule has 2 aromatic carbocycles. The van der Waals surface area contributed by atoms with Crippen LogP contribution in [-0.2, 0) is 9.63 Å². The highest BCUT2D eigenvalue weighted by Gasteiger charge is 2.09. The molecule has 0 radical (unpaired) electrons. The van der Waals surface area contributed by atoms with Gasteiger partial charge in [-0.2, -0.15) is 5.10 Å². The number of hydrogen-bond donors (Lipinski definition) is 2. The molecule has 0 unspecified atom stereocenters. The fourth-order valence-electron chi connectivity index (χ4n) is 2.37. The zero-order valence-electron chi connectivity index (χ0n) is 16.2. The molecule has 1 aromatic heterocycles. The van der Waals surface area contributed by atoms with Crippen molar-refractivity contribution in [2.75, 3.05) is 11.9 Å². The molecule has 0 fully saturated rings. The summed E-state index contributed by atoms with van der Waals surface area (Å²) in [7, 11) is 0. The van der Waals surface area contributed by atoms with Crippen LogP contribution in [0, 0.1) is 0 Å². The van der Waals surface area contributed by atoms with Gasteiger partial charge in [0.05, 0.1) is 18.2 Å². The third kappa shape index (κ3) is 6.16. The van der Waals surface area contributed by atoms with Gasteiger partial charge in [-0.3, -0.25) is 9.59 Å². The first-order valence-electron chi connectivity index (χ1n) is 9.10. The van der Waals surface area contributed by atoms with Gasteiger partial charge in [0.15, 0.2) is 12.4 Å². The molecule has 0 atom stereocenters. The SMILES string of the molecule is CC(=NNC(=O)CON=Cc1ccccc1)c1ccc(NC(=O)c2ccco2)cc1. The number of benzene rings is 2. The first-order valence-corrected chi connectivity index (χ1v) is 9.10. The summed E-state index contributed by atoms with van der Waals surface area (Å²) in [6, 6.07) is 19.7. The van der Waals surface area contributed by atoms with Crippen molar-refractivity contribution in [3.63, 3.8) is 0 Å². The number of anilines is 1. The topological polar surface area (TPSA) is 105 Å². The fourth-order valence-corrected chi connectivity index (χ4v) is 2.37. The van der Waals surface area contributed by atoms with Crippen molar-refractivity contribution < 1.29 is 18.8 Å². The largest absolute Gasteiger partial charge is 0.459 e. The van der Waals surface area contributed by atoms with Crippen LogP contribution in [0.1, 0.15) is 28.6 Å². The van der Waals surface area contributed by atoms with E-state index in [-0.39, 0.29) is 18.3 Å². The summed E-state index contributed by atoms with van der Waals surface area (Å²) in [6.45, 7) is 1.50. The number of hydrazone groups is 1. The number of amides is 2. The maximum Gasteiger partial charge on any atom is 0.291 e. The second-order valence-electron chi connectivity index (χ2n) is 6.16. The van der Waals surface area contributed by atoms with E-state index in [0.29, 0.717) is 11.4 Å². The number of furan rings is 1. The van der Waals surface area contributed by atoms with Gasteiger partial charge in [0.25, 0.3) is 11.8 Å². The summed E-state index contributed by atoms with van der Waals surface area (Å²) >= 11 is 0. The molecule has 0 aliphatic heterocycles. The monoisotopic (exact) mass is 404 g/mol. The molecule has 1 heterocycles. The lowest BCUT2D eigenvalue weighted by Crippen LogP contribution is -2.23. The van der Waals surface area contributed by atoms with Crippen molar-refractivity contribution in [1.29, 1.82) is 0 Å². The van der Waals surface area contributed by atoms with Crippen LogP contribution >= 0.6 is 0 Å². The van der Waals surface area contributed by atoms with E-state index < -0.39 is 5.91 Å². The Bertz CT molecular complexity index is 1030. The van der Waals surface area contributed by atoms with Crippen LogP contribution in [0.25, 0.3) is 0 Å². The molecule has 2 N–H and O–H groups in total. The van der Waals surface area contributed by atoms with Gasteiger partial charge in [0.2, 0.25) is 0 Å². The quantitative estimate of drug-likeness (QED) is 0.443. The summed E-state index contributed by atoms with van der Waals surface area (Å²) < 4.78 is 5.05. The molecule has 0 aliphatic carbocycles. The zero-order chi connectivity index (χ0) is 21.2. The lowest BCUT2D eigenvalue weighted by molar-refractivity contribution is -0.125. The average Bonchev–Trinajstić information content (AvgIpc) is 3.31. The smallest absolute Gasteiger partial charge is 0.291 e. The molecule has 152 valence electrons. The Kier molecular flexibility index (Phi) is 7.10. The Morgan fingerprint density at radius 1 is 1.03 bits per heavy atom. The Balaban J connectivity index is 1.45. The van der Waals surface area contributed by atoms with Crippen LogP contribution < -0.4 is 10.7 Å². The zero-order valence-corrected chi connectivity index (χ0v) is 16.2. The highest BCUT2D eigenvalue weighted by atomic mass is 16.6. The van der Waals surface area contributed by atoms with Crippen LogP contribution in [0.3, 0.4) is 0 Å². The number of nitrogens with zero attached hydrogens (tertiary/aromatic N) is 2. The third-order valence-electron chi connectivity index (χ3n) is 3.93. The Morgan fingerprint density at radius 3 is 2.50 bits per heavy atom. The molecular formula is C22H20N4O4. The Morgan fingerprint density at radius 2 is 1.80 bits per heavy atom. The maximum absolute atomic E-state index is 12.0. The van der Waals surface area contributed by atoms with Crippen molar-refractivity contribution in [3.05, 3.63) is 89.9 Å². The number of carbonyl (C=O) groups excluding carboxylic acids is 2. The molecule has 0 bridgehead atoms. The summed E-state index contributed by atoms with van der Waals surface area (Å²) in [6.07, 6.45) is 2.96. The Hall–Kier alpha value is -4.20. The molecule has 0 saturated carbocycles. The number of carbonyl (C=O) groups is 2. The first-order chi connectivity index (χ1) is 14.6. The van der Waals surface area contributed by atoms with E-state index in [9.17, 15) is 9.59 Å². The number of oxime groups is 1. The lowest BCUT2D eigenvalue weighted by Gasteiger charge is -2.06. The summed E-state index contributed by atoms with van der Waals surface area (Å²) in [5, 5.41) is 10.5. The molecule has 3 rings (SSSR count). The minimum Gasteiger partial charge on any atom is -0.459 e. The van der Waals surface area contributed by atoms with Crippen molar-refractivity contribution in [3.8, 4) is 0 Å². The van der Waals surface area contributed by atoms with Gasteiger partial charge in [0.1, 0.15) is 0 Å². The van der Waals surface area contributed by atoms with Crippen molar-refractivity contribution >= 4 is 29.4 Å². The minimum atomic E-state index is -0.429. The van der Waals surface area contributed by atoms with Crippen LogP contribution in [0.5, 0.6) is 0 Å². The first kappa shape index (κ1) is 20.5. The third-order valence-corrected chi connectivity index (χ3v) is 3.93. The van der Waals surface area contributed by atoms with E-state index >= 15 is 0 Å². The lowest BCUT2D eigenvalue weighted by atomic mass is 10.1. The van der Waals surface area contributed by atoms with Gasteiger partial charge in [0, 0.05) is 5.69 Å². The highest BCUT2D eigenvalue weighted by molar-refractivity contribution is 6.03. The van der Waals surface area contributed by atoms with Gasteiger partial charge in [-0.05, 0) is 42.3 Å². The van der Waals surface area contributed by atoms with Crippen molar-refractivity contribution in [1.82, 2.24) is 5.43 Å². The van der Waals surface area contributed by atoms with Gasteiger partial charge < -0.3 is 14.6 Å². The average molecular weight is 404 g/mol. The second kappa shape index (κ2) is 10.4. The van der Waals surface area contributed by atoms with Crippen LogP contribution in [-0.4, -0.2) is 30.3 Å². The van der Waals surface area contributed by atoms with E-state index in [0.717, 1.165) is 11.1 Å². The second-order valence-corrected chi connectivity index (χ2v) is 6.16. The van der Waals surface area contributed by atoms with Gasteiger partial charge >= 0.3 is 0 Å². The highest BCUT2D eigenvalue weighted by Crippen LogP contribution is 2.12. The van der Waals surface area contributed by atoms with Crippen LogP contribution in [0.15, 0.2) is 87.7 Å². The molecule has 2 amide bonds. The maximum atomic E-state index is 12.0. The van der Waals surface area contributed by atoms with Gasteiger partial charge in [-0.15, -0.1) is 0 Å². The molecule has 8 nitrogen and oxygen atoms in total. The summed E-state index contributed by atoms with van der Waals surface area (Å²) in [5.74, 6) is -0.530. The molecule has 3 aromatic rings. The van der Waals surface area contributed by atoms with E-state index in [1.165, 1.54) is 12.5 Å². The molecule has 8 heteroatoms. The molecule has 0 saturated heterocycles. The van der Waals surface area contributed by atoms with Gasteiger partial charge in [-0.25, -0.2) is 5.43 Å². The summed E-state index contributed by atoms with van der Waals surface area (Å²) in [4.78, 5) is 28.7. The predicted octanol–water partition coefficient (Wildman–Crippen LogP) is 3.42.